The SMILES string of the molecule is C[C@]12CC[C@H]3[C@H](CC[C@H]4CC(Nc5ccccc5)CC[C@@]43C)[C@H]1CC[C@@H]2O. The lowest BCUT2D eigenvalue weighted by Gasteiger charge is -2.61. The number of aliphatic hydroxyl groups is 1. The zero-order chi connectivity index (χ0) is 18.6. The van der Waals surface area contributed by atoms with Gasteiger partial charge in [0.1, 0.15) is 0 Å². The summed E-state index contributed by atoms with van der Waals surface area (Å²) in [6.07, 6.45) is 11.8. The molecule has 4 aliphatic carbocycles. The summed E-state index contributed by atoms with van der Waals surface area (Å²) < 4.78 is 0. The minimum Gasteiger partial charge on any atom is -0.393 e. The highest BCUT2D eigenvalue weighted by Gasteiger charge is 2.59. The number of anilines is 1. The van der Waals surface area contributed by atoms with Crippen LogP contribution in [0.1, 0.15) is 71.6 Å². The first-order valence-corrected chi connectivity index (χ1v) is 11.5. The number of aliphatic hydroxyl groups excluding tert-OH is 1. The van der Waals surface area contributed by atoms with Crippen LogP contribution in [0.5, 0.6) is 0 Å². The molecule has 0 aliphatic heterocycles. The molecular formula is C25H37NO. The third-order valence-electron chi connectivity index (χ3n) is 9.76. The summed E-state index contributed by atoms with van der Waals surface area (Å²) in [7, 11) is 0. The maximum Gasteiger partial charge on any atom is 0.0596 e. The van der Waals surface area contributed by atoms with Crippen LogP contribution in [0.25, 0.3) is 0 Å². The zero-order valence-electron chi connectivity index (χ0n) is 17.2. The summed E-state index contributed by atoms with van der Waals surface area (Å²) in [6.45, 7) is 5.04. The summed E-state index contributed by atoms with van der Waals surface area (Å²) in [5, 5.41) is 14.5. The highest BCUT2D eigenvalue weighted by Crippen LogP contribution is 2.66. The molecule has 0 saturated heterocycles. The predicted octanol–water partition coefficient (Wildman–Crippen LogP) is 5.87. The van der Waals surface area contributed by atoms with Gasteiger partial charge in [0.05, 0.1) is 6.10 Å². The van der Waals surface area contributed by atoms with Gasteiger partial charge in [-0.2, -0.15) is 0 Å². The standard InChI is InChI=1S/C25H37NO/c1-24-14-12-19(26-18-6-4-3-5-7-18)16-17(24)8-9-20-21-10-11-23(27)25(21,2)15-13-22(20)24/h3-7,17,19-23,26-27H,8-16H2,1-2H3/t17-,19?,20+,21+,22-,23-,24-,25-/m0/s1. The van der Waals surface area contributed by atoms with E-state index in [9.17, 15) is 5.11 Å². The van der Waals surface area contributed by atoms with Crippen molar-refractivity contribution in [2.75, 3.05) is 5.32 Å². The fourth-order valence-electron chi connectivity index (χ4n) is 8.13. The molecule has 8 atom stereocenters. The molecule has 0 radical (unpaired) electrons. The Morgan fingerprint density at radius 3 is 2.41 bits per heavy atom. The van der Waals surface area contributed by atoms with Crippen LogP contribution in [0, 0.1) is 34.5 Å². The van der Waals surface area contributed by atoms with E-state index in [0.717, 1.165) is 30.1 Å². The molecule has 1 aromatic carbocycles. The van der Waals surface area contributed by atoms with Crippen LogP contribution < -0.4 is 5.32 Å². The molecule has 5 rings (SSSR count). The average molecular weight is 368 g/mol. The van der Waals surface area contributed by atoms with Gasteiger partial charge in [0, 0.05) is 11.7 Å². The molecule has 0 spiro atoms. The zero-order valence-corrected chi connectivity index (χ0v) is 17.2. The van der Waals surface area contributed by atoms with Crippen LogP contribution >= 0.6 is 0 Å². The van der Waals surface area contributed by atoms with Gasteiger partial charge in [-0.1, -0.05) is 32.0 Å². The Bertz CT molecular complexity index is 674. The molecular weight excluding hydrogens is 330 g/mol. The lowest BCUT2D eigenvalue weighted by atomic mass is 9.45. The third-order valence-corrected chi connectivity index (χ3v) is 9.76. The van der Waals surface area contributed by atoms with Crippen molar-refractivity contribution in [3.8, 4) is 0 Å². The van der Waals surface area contributed by atoms with Crippen LogP contribution in [0.4, 0.5) is 5.69 Å². The molecule has 2 N–H and O–H groups in total. The van der Waals surface area contributed by atoms with Crippen molar-refractivity contribution >= 4 is 5.69 Å². The van der Waals surface area contributed by atoms with E-state index in [1.807, 2.05) is 0 Å². The molecule has 0 aromatic heterocycles. The Kier molecular flexibility index (Phi) is 4.35. The number of hydrogen-bond acceptors (Lipinski definition) is 2. The Balaban J connectivity index is 1.32. The van der Waals surface area contributed by atoms with Gasteiger partial charge in [0.2, 0.25) is 0 Å². The Labute approximate surface area is 165 Å². The fourth-order valence-corrected chi connectivity index (χ4v) is 8.13. The van der Waals surface area contributed by atoms with Crippen molar-refractivity contribution < 1.29 is 5.11 Å². The lowest BCUT2D eigenvalue weighted by Crippen LogP contribution is -2.54. The van der Waals surface area contributed by atoms with Crippen molar-refractivity contribution in [1.29, 1.82) is 0 Å². The monoisotopic (exact) mass is 367 g/mol. The van der Waals surface area contributed by atoms with Gasteiger partial charge in [-0.25, -0.2) is 0 Å². The van der Waals surface area contributed by atoms with E-state index < -0.39 is 0 Å². The maximum absolute atomic E-state index is 10.6. The Hall–Kier alpha value is -1.02. The molecule has 2 heteroatoms. The highest BCUT2D eigenvalue weighted by atomic mass is 16.3. The van der Waals surface area contributed by atoms with E-state index >= 15 is 0 Å². The van der Waals surface area contributed by atoms with Gasteiger partial charge in [-0.15, -0.1) is 0 Å². The average Bonchev–Trinajstić information content (AvgIpc) is 2.98. The van der Waals surface area contributed by atoms with E-state index in [1.165, 1.54) is 57.1 Å². The number of para-hydroxylation sites is 1. The topological polar surface area (TPSA) is 32.3 Å². The molecule has 148 valence electrons. The van der Waals surface area contributed by atoms with E-state index in [2.05, 4.69) is 49.5 Å². The van der Waals surface area contributed by atoms with Gasteiger partial charge in [-0.3, -0.25) is 0 Å². The molecule has 0 amide bonds. The first kappa shape index (κ1) is 18.0. The maximum atomic E-state index is 10.6. The fraction of sp³-hybridized carbons (Fsp3) is 0.760. The quantitative estimate of drug-likeness (QED) is 0.685. The molecule has 4 fully saturated rings. The molecule has 2 nitrogen and oxygen atoms in total. The minimum atomic E-state index is -0.0419. The van der Waals surface area contributed by atoms with Crippen LogP contribution in [0.3, 0.4) is 0 Å². The molecule has 0 heterocycles. The number of nitrogens with one attached hydrogen (secondary N) is 1. The third kappa shape index (κ3) is 2.77. The minimum absolute atomic E-state index is 0.0419. The largest absolute Gasteiger partial charge is 0.393 e. The number of rotatable bonds is 2. The van der Waals surface area contributed by atoms with E-state index in [0.29, 0.717) is 11.5 Å². The van der Waals surface area contributed by atoms with Gasteiger partial charge in [0.15, 0.2) is 0 Å². The second kappa shape index (κ2) is 6.51. The summed E-state index contributed by atoms with van der Waals surface area (Å²) in [5.74, 6) is 3.44. The molecule has 4 saturated carbocycles. The summed E-state index contributed by atoms with van der Waals surface area (Å²) in [5.41, 5.74) is 2.04. The van der Waals surface area contributed by atoms with Crippen molar-refractivity contribution in [1.82, 2.24) is 0 Å². The number of benzene rings is 1. The normalized spacial score (nSPS) is 49.0. The van der Waals surface area contributed by atoms with Crippen molar-refractivity contribution in [3.63, 3.8) is 0 Å². The second-order valence-electron chi connectivity index (χ2n) is 10.8. The summed E-state index contributed by atoms with van der Waals surface area (Å²) >= 11 is 0. The first-order chi connectivity index (χ1) is 13.0. The molecule has 1 unspecified atom stereocenters. The van der Waals surface area contributed by atoms with Crippen LogP contribution in [0.2, 0.25) is 0 Å². The van der Waals surface area contributed by atoms with Gasteiger partial charge >= 0.3 is 0 Å². The van der Waals surface area contributed by atoms with E-state index in [1.54, 1.807) is 0 Å². The molecule has 4 aliphatic rings. The molecule has 1 aromatic rings. The van der Waals surface area contributed by atoms with Crippen LogP contribution in [0.15, 0.2) is 30.3 Å². The Morgan fingerprint density at radius 2 is 1.59 bits per heavy atom. The second-order valence-corrected chi connectivity index (χ2v) is 10.8. The summed E-state index contributed by atoms with van der Waals surface area (Å²) in [6, 6.07) is 11.4. The van der Waals surface area contributed by atoms with Crippen LogP contribution in [-0.4, -0.2) is 17.3 Å². The van der Waals surface area contributed by atoms with Crippen LogP contribution in [-0.2, 0) is 0 Å². The summed E-state index contributed by atoms with van der Waals surface area (Å²) in [4.78, 5) is 0. The van der Waals surface area contributed by atoms with Crippen molar-refractivity contribution in [2.45, 2.75) is 83.8 Å². The van der Waals surface area contributed by atoms with E-state index in [4.69, 9.17) is 0 Å². The highest BCUT2D eigenvalue weighted by molar-refractivity contribution is 5.43. The molecule has 0 bridgehead atoms. The Morgan fingerprint density at radius 1 is 0.852 bits per heavy atom. The van der Waals surface area contributed by atoms with Crippen molar-refractivity contribution in [2.24, 2.45) is 34.5 Å². The van der Waals surface area contributed by atoms with Gasteiger partial charge < -0.3 is 10.4 Å². The van der Waals surface area contributed by atoms with Gasteiger partial charge in [-0.05, 0) is 104 Å². The molecule has 27 heavy (non-hydrogen) atoms. The van der Waals surface area contributed by atoms with Crippen molar-refractivity contribution in [3.05, 3.63) is 30.3 Å². The van der Waals surface area contributed by atoms with E-state index in [-0.39, 0.29) is 11.5 Å². The lowest BCUT2D eigenvalue weighted by molar-refractivity contribution is -0.121. The predicted molar refractivity (Wildman–Crippen MR) is 112 cm³/mol. The first-order valence-electron chi connectivity index (χ1n) is 11.5. The number of fused-ring (bicyclic) bond motifs is 5. The van der Waals surface area contributed by atoms with Gasteiger partial charge in [0.25, 0.3) is 0 Å². The number of hydrogen-bond donors (Lipinski definition) is 2. The smallest absolute Gasteiger partial charge is 0.0596 e.